The molecule has 0 unspecified atom stereocenters. The van der Waals surface area contributed by atoms with E-state index in [0.29, 0.717) is 5.82 Å². The highest BCUT2D eigenvalue weighted by Gasteiger charge is 2.10. The van der Waals surface area contributed by atoms with Crippen molar-refractivity contribution in [2.45, 2.75) is 0 Å². The lowest BCUT2D eigenvalue weighted by molar-refractivity contribution is 0.415. The van der Waals surface area contributed by atoms with E-state index in [1.807, 2.05) is 30.5 Å². The van der Waals surface area contributed by atoms with Crippen molar-refractivity contribution in [1.82, 2.24) is 15.0 Å². The van der Waals surface area contributed by atoms with Crippen molar-refractivity contribution in [3.05, 3.63) is 36.8 Å². The number of aromatic nitrogens is 3. The number of hydrogen-bond donors (Lipinski definition) is 2. The van der Waals surface area contributed by atoms with E-state index in [1.54, 1.807) is 7.11 Å². The smallest absolute Gasteiger partial charge is 0.143 e. The summed E-state index contributed by atoms with van der Waals surface area (Å²) >= 11 is 0. The molecule has 0 spiro atoms. The molecule has 18 heavy (non-hydrogen) atoms. The third-order valence-electron chi connectivity index (χ3n) is 2.90. The van der Waals surface area contributed by atoms with Gasteiger partial charge < -0.3 is 15.5 Å². The Morgan fingerprint density at radius 3 is 2.67 bits per heavy atom. The molecule has 90 valence electrons. The monoisotopic (exact) mass is 240 g/mol. The quantitative estimate of drug-likeness (QED) is 0.720. The number of nitrogens with zero attached hydrogens (tertiary/aromatic N) is 2. The summed E-state index contributed by atoms with van der Waals surface area (Å²) in [7, 11) is 1.65. The van der Waals surface area contributed by atoms with Gasteiger partial charge in [-0.3, -0.25) is 0 Å². The number of anilines is 1. The second-order valence-electron chi connectivity index (χ2n) is 3.91. The summed E-state index contributed by atoms with van der Waals surface area (Å²) in [6.07, 6.45) is 3.34. The number of nitrogens with two attached hydrogens (primary N) is 1. The number of aromatic amines is 1. The van der Waals surface area contributed by atoms with Gasteiger partial charge >= 0.3 is 0 Å². The minimum atomic E-state index is 0.479. The number of nitrogens with one attached hydrogen (secondary N) is 1. The van der Waals surface area contributed by atoms with Crippen LogP contribution in [0.15, 0.2) is 36.8 Å². The predicted octanol–water partition coefficient (Wildman–Crippen LogP) is 2.22. The van der Waals surface area contributed by atoms with E-state index in [4.69, 9.17) is 10.5 Å². The van der Waals surface area contributed by atoms with Gasteiger partial charge in [-0.1, -0.05) is 12.1 Å². The van der Waals surface area contributed by atoms with Crippen molar-refractivity contribution in [3.8, 4) is 16.9 Å². The first-order valence-electron chi connectivity index (χ1n) is 5.51. The van der Waals surface area contributed by atoms with Gasteiger partial charge in [0.05, 0.1) is 12.5 Å². The van der Waals surface area contributed by atoms with E-state index in [-0.39, 0.29) is 0 Å². The second-order valence-corrected chi connectivity index (χ2v) is 3.91. The molecular weight excluding hydrogens is 228 g/mol. The van der Waals surface area contributed by atoms with Crippen LogP contribution in [0.2, 0.25) is 0 Å². The van der Waals surface area contributed by atoms with Gasteiger partial charge in [0, 0.05) is 11.8 Å². The van der Waals surface area contributed by atoms with Crippen LogP contribution in [0.1, 0.15) is 0 Å². The maximum atomic E-state index is 5.90. The molecule has 3 aromatic rings. The molecule has 0 aliphatic heterocycles. The molecule has 0 saturated carbocycles. The average molecular weight is 240 g/mol. The highest BCUT2D eigenvalue weighted by Crippen LogP contribution is 2.31. The van der Waals surface area contributed by atoms with Crippen LogP contribution in [0, 0.1) is 0 Å². The van der Waals surface area contributed by atoms with Gasteiger partial charge in [0.15, 0.2) is 0 Å². The first-order valence-corrected chi connectivity index (χ1v) is 5.51. The highest BCUT2D eigenvalue weighted by molar-refractivity contribution is 6.00. The topological polar surface area (TPSA) is 76.8 Å². The van der Waals surface area contributed by atoms with Gasteiger partial charge in [-0.2, -0.15) is 0 Å². The Labute approximate surface area is 104 Å². The fourth-order valence-corrected chi connectivity index (χ4v) is 1.99. The maximum Gasteiger partial charge on any atom is 0.143 e. The Morgan fingerprint density at radius 1 is 1.17 bits per heavy atom. The first kappa shape index (κ1) is 10.6. The van der Waals surface area contributed by atoms with Crippen LogP contribution in [0.3, 0.4) is 0 Å². The zero-order valence-electron chi connectivity index (χ0n) is 9.84. The van der Waals surface area contributed by atoms with E-state index in [2.05, 4.69) is 15.0 Å². The standard InChI is InChI=1S/C13H12N4O/c1-18-9-4-2-8(3-5-9)10-6-15-13-11(10)12(14)16-7-17-13/h2-7H,1H3,(H3,14,15,16,17). The summed E-state index contributed by atoms with van der Waals surface area (Å²) in [5.74, 6) is 1.30. The molecule has 5 nitrogen and oxygen atoms in total. The van der Waals surface area contributed by atoms with Crippen LogP contribution >= 0.6 is 0 Å². The molecule has 0 aliphatic carbocycles. The van der Waals surface area contributed by atoms with Crippen molar-refractivity contribution in [3.63, 3.8) is 0 Å². The Balaban J connectivity index is 2.18. The molecule has 0 radical (unpaired) electrons. The summed E-state index contributed by atoms with van der Waals surface area (Å²) < 4.78 is 5.14. The van der Waals surface area contributed by atoms with Gasteiger partial charge in [-0.25, -0.2) is 9.97 Å². The number of hydrogen-bond acceptors (Lipinski definition) is 4. The third kappa shape index (κ3) is 1.57. The molecule has 3 rings (SSSR count). The molecular formula is C13H12N4O. The Morgan fingerprint density at radius 2 is 1.94 bits per heavy atom. The van der Waals surface area contributed by atoms with Gasteiger partial charge in [-0.05, 0) is 17.7 Å². The largest absolute Gasteiger partial charge is 0.497 e. The van der Waals surface area contributed by atoms with Crippen LogP contribution < -0.4 is 10.5 Å². The number of rotatable bonds is 2. The Hall–Kier alpha value is -2.56. The Kier molecular flexibility index (Phi) is 2.37. The van der Waals surface area contributed by atoms with Crippen molar-refractivity contribution < 1.29 is 4.74 Å². The summed E-state index contributed by atoms with van der Waals surface area (Å²) in [6.45, 7) is 0. The van der Waals surface area contributed by atoms with E-state index >= 15 is 0 Å². The molecule has 0 atom stereocenters. The predicted molar refractivity (Wildman–Crippen MR) is 70.3 cm³/mol. The van der Waals surface area contributed by atoms with Crippen molar-refractivity contribution in [1.29, 1.82) is 0 Å². The van der Waals surface area contributed by atoms with Crippen LogP contribution in [0.5, 0.6) is 5.75 Å². The lowest BCUT2D eigenvalue weighted by Gasteiger charge is -2.03. The zero-order chi connectivity index (χ0) is 12.5. The molecule has 1 aromatic carbocycles. The van der Waals surface area contributed by atoms with Gasteiger partial charge in [0.25, 0.3) is 0 Å². The van der Waals surface area contributed by atoms with E-state index in [9.17, 15) is 0 Å². The zero-order valence-corrected chi connectivity index (χ0v) is 9.84. The molecule has 0 saturated heterocycles. The van der Waals surface area contributed by atoms with Crippen molar-refractivity contribution in [2.75, 3.05) is 12.8 Å². The number of ether oxygens (including phenoxy) is 1. The number of methoxy groups -OCH3 is 1. The number of benzene rings is 1. The molecule has 2 aromatic heterocycles. The minimum Gasteiger partial charge on any atom is -0.497 e. The minimum absolute atomic E-state index is 0.479. The molecule has 2 heterocycles. The fourth-order valence-electron chi connectivity index (χ4n) is 1.99. The summed E-state index contributed by atoms with van der Waals surface area (Å²) in [6, 6.07) is 7.78. The number of fused-ring (bicyclic) bond motifs is 1. The Bertz CT molecular complexity index is 688. The summed E-state index contributed by atoms with van der Waals surface area (Å²) in [4.78, 5) is 11.3. The molecule has 0 aliphatic rings. The van der Waals surface area contributed by atoms with Crippen LogP contribution in [0.4, 0.5) is 5.82 Å². The number of H-pyrrole nitrogens is 1. The van der Waals surface area contributed by atoms with E-state index in [1.165, 1.54) is 6.33 Å². The normalized spacial score (nSPS) is 10.7. The van der Waals surface area contributed by atoms with Gasteiger partial charge in [0.1, 0.15) is 23.5 Å². The van der Waals surface area contributed by atoms with E-state index < -0.39 is 0 Å². The lowest BCUT2D eigenvalue weighted by atomic mass is 10.1. The molecule has 5 heteroatoms. The maximum absolute atomic E-state index is 5.90. The van der Waals surface area contributed by atoms with Crippen LogP contribution in [-0.4, -0.2) is 22.1 Å². The molecule has 0 amide bonds. The van der Waals surface area contributed by atoms with Crippen LogP contribution in [-0.2, 0) is 0 Å². The van der Waals surface area contributed by atoms with Gasteiger partial charge in [-0.15, -0.1) is 0 Å². The van der Waals surface area contributed by atoms with Crippen molar-refractivity contribution >= 4 is 16.9 Å². The summed E-state index contributed by atoms with van der Waals surface area (Å²) in [5, 5.41) is 0.850. The van der Waals surface area contributed by atoms with Gasteiger partial charge in [0.2, 0.25) is 0 Å². The fraction of sp³-hybridized carbons (Fsp3) is 0.0769. The first-order chi connectivity index (χ1) is 8.79. The number of nitrogen functional groups attached to an aromatic ring is 1. The third-order valence-corrected chi connectivity index (χ3v) is 2.90. The average Bonchev–Trinajstić information content (AvgIpc) is 2.84. The van der Waals surface area contributed by atoms with Crippen LogP contribution in [0.25, 0.3) is 22.2 Å². The molecule has 0 fully saturated rings. The van der Waals surface area contributed by atoms with Crippen molar-refractivity contribution in [2.24, 2.45) is 0 Å². The van der Waals surface area contributed by atoms with E-state index in [0.717, 1.165) is 27.9 Å². The molecule has 0 bridgehead atoms. The lowest BCUT2D eigenvalue weighted by Crippen LogP contribution is -1.92. The second kappa shape index (κ2) is 4.03. The highest BCUT2D eigenvalue weighted by atomic mass is 16.5. The molecule has 3 N–H and O–H groups in total. The SMILES string of the molecule is COc1ccc(-c2c[nH]c3ncnc(N)c23)cc1. The summed E-state index contributed by atoms with van der Waals surface area (Å²) in [5.41, 5.74) is 8.68.